The maximum Gasteiger partial charge on any atom is 0.407 e. The fourth-order valence-electron chi connectivity index (χ4n) is 3.94. The standard InChI is InChI=1S/C29H32BrN5O4/c1-29(2,3)39-28(37)31-13-14-34(4)17-23-24(30)16-32-26-25(23)27(36)35(19-33-26)21-11-8-12-22(15-21)38-18-20-9-6-5-7-10-20/h5-12,15-16,19H,13-14,17-18H2,1-4H3,(H,31,37). The number of benzene rings is 2. The van der Waals surface area contributed by atoms with E-state index in [0.717, 1.165) is 11.1 Å². The summed E-state index contributed by atoms with van der Waals surface area (Å²) in [6, 6.07) is 17.2. The van der Waals surface area contributed by atoms with Gasteiger partial charge in [0, 0.05) is 36.4 Å². The zero-order valence-electron chi connectivity index (χ0n) is 22.5. The molecule has 0 fully saturated rings. The first-order chi connectivity index (χ1) is 18.6. The van der Waals surface area contributed by atoms with Crippen molar-refractivity contribution in [2.24, 2.45) is 0 Å². The Kier molecular flexibility index (Phi) is 8.98. The highest BCUT2D eigenvalue weighted by molar-refractivity contribution is 9.10. The Morgan fingerprint density at radius 1 is 1.10 bits per heavy atom. The van der Waals surface area contributed by atoms with E-state index in [9.17, 15) is 9.59 Å². The molecule has 9 nitrogen and oxygen atoms in total. The summed E-state index contributed by atoms with van der Waals surface area (Å²) in [5.74, 6) is 0.646. The number of alkyl carbamates (subject to hydrolysis) is 1. The molecule has 0 saturated heterocycles. The molecule has 2 aromatic carbocycles. The molecule has 0 bridgehead atoms. The summed E-state index contributed by atoms with van der Waals surface area (Å²) in [4.78, 5) is 36.5. The van der Waals surface area contributed by atoms with Crippen LogP contribution in [0.15, 0.2) is 76.4 Å². The van der Waals surface area contributed by atoms with Gasteiger partial charge >= 0.3 is 6.09 Å². The van der Waals surface area contributed by atoms with Gasteiger partial charge in [0.05, 0.1) is 11.1 Å². The van der Waals surface area contributed by atoms with Crippen LogP contribution in [0.25, 0.3) is 16.7 Å². The molecule has 0 saturated carbocycles. The first kappa shape index (κ1) is 28.3. The number of hydrogen-bond donors (Lipinski definition) is 1. The van der Waals surface area contributed by atoms with Crippen LogP contribution in [0.1, 0.15) is 31.9 Å². The van der Waals surface area contributed by atoms with Crippen LogP contribution < -0.4 is 15.6 Å². The van der Waals surface area contributed by atoms with E-state index in [1.165, 1.54) is 10.9 Å². The number of halogens is 1. The van der Waals surface area contributed by atoms with E-state index in [-0.39, 0.29) is 5.56 Å². The highest BCUT2D eigenvalue weighted by Crippen LogP contribution is 2.24. The Bertz CT molecular complexity index is 1500. The third-order valence-corrected chi connectivity index (χ3v) is 6.46. The van der Waals surface area contributed by atoms with Crippen molar-refractivity contribution in [2.75, 3.05) is 20.1 Å². The summed E-state index contributed by atoms with van der Waals surface area (Å²) < 4.78 is 13.4. The lowest BCUT2D eigenvalue weighted by Gasteiger charge is -2.21. The number of nitrogens with one attached hydrogen (secondary N) is 1. The van der Waals surface area contributed by atoms with Crippen LogP contribution in [0.2, 0.25) is 0 Å². The zero-order chi connectivity index (χ0) is 28.0. The molecule has 0 unspecified atom stereocenters. The number of rotatable bonds is 9. The second-order valence-electron chi connectivity index (χ2n) is 10.1. The number of hydrogen-bond acceptors (Lipinski definition) is 7. The van der Waals surface area contributed by atoms with Gasteiger partial charge in [0.25, 0.3) is 5.56 Å². The molecular formula is C29H32BrN5O4. The smallest absolute Gasteiger partial charge is 0.407 e. The molecule has 0 aliphatic rings. The number of likely N-dealkylation sites (N-methyl/N-ethyl adjacent to an activating group) is 1. The molecule has 2 aromatic heterocycles. The first-order valence-electron chi connectivity index (χ1n) is 12.6. The number of amides is 1. The topological polar surface area (TPSA) is 98.6 Å². The summed E-state index contributed by atoms with van der Waals surface area (Å²) in [6.45, 7) is 7.26. The van der Waals surface area contributed by atoms with Crippen molar-refractivity contribution in [1.29, 1.82) is 0 Å². The molecule has 2 heterocycles. The first-order valence-corrected chi connectivity index (χ1v) is 13.4. The normalized spacial score (nSPS) is 11.5. The summed E-state index contributed by atoms with van der Waals surface area (Å²) in [6.07, 6.45) is 2.67. The van der Waals surface area contributed by atoms with Gasteiger partial charge in [0.15, 0.2) is 5.65 Å². The van der Waals surface area contributed by atoms with Crippen LogP contribution in [-0.2, 0) is 17.9 Å². The Balaban J connectivity index is 1.53. The lowest BCUT2D eigenvalue weighted by atomic mass is 10.1. The number of carbonyl (C=O) groups excluding carboxylic acids is 1. The van der Waals surface area contributed by atoms with Gasteiger partial charge in [0.1, 0.15) is 24.3 Å². The number of carbonyl (C=O) groups is 1. The third-order valence-electron chi connectivity index (χ3n) is 5.78. The van der Waals surface area contributed by atoms with Crippen molar-refractivity contribution in [2.45, 2.75) is 39.5 Å². The Morgan fingerprint density at radius 3 is 2.62 bits per heavy atom. The SMILES string of the molecule is CN(CCNC(=O)OC(C)(C)C)Cc1c(Br)cnc2ncn(-c3cccc(OCc4ccccc4)c3)c(=O)c12. The van der Waals surface area contributed by atoms with E-state index in [1.54, 1.807) is 6.20 Å². The molecule has 0 spiro atoms. The van der Waals surface area contributed by atoms with E-state index >= 15 is 0 Å². The fourth-order valence-corrected chi connectivity index (χ4v) is 4.36. The van der Waals surface area contributed by atoms with Crippen molar-refractivity contribution >= 4 is 33.1 Å². The van der Waals surface area contributed by atoms with Crippen LogP contribution >= 0.6 is 15.9 Å². The molecule has 4 rings (SSSR count). The molecule has 1 amide bonds. The molecule has 10 heteroatoms. The van der Waals surface area contributed by atoms with Crippen LogP contribution in [0.3, 0.4) is 0 Å². The van der Waals surface area contributed by atoms with Crippen LogP contribution in [0.5, 0.6) is 5.75 Å². The summed E-state index contributed by atoms with van der Waals surface area (Å²) >= 11 is 3.56. The van der Waals surface area contributed by atoms with Gasteiger partial charge in [-0.2, -0.15) is 0 Å². The molecule has 39 heavy (non-hydrogen) atoms. The second kappa shape index (κ2) is 12.4. The minimum Gasteiger partial charge on any atom is -0.489 e. The molecule has 0 atom stereocenters. The number of fused-ring (bicyclic) bond motifs is 1. The maximum atomic E-state index is 13.7. The summed E-state index contributed by atoms with van der Waals surface area (Å²) in [5, 5.41) is 3.18. The van der Waals surface area contributed by atoms with Crippen molar-refractivity contribution < 1.29 is 14.3 Å². The van der Waals surface area contributed by atoms with Gasteiger partial charge in [-0.3, -0.25) is 9.36 Å². The molecular weight excluding hydrogens is 562 g/mol. The molecule has 0 aliphatic heterocycles. The van der Waals surface area contributed by atoms with E-state index in [0.29, 0.717) is 53.2 Å². The van der Waals surface area contributed by atoms with Gasteiger partial charge in [-0.15, -0.1) is 0 Å². The largest absolute Gasteiger partial charge is 0.489 e. The zero-order valence-corrected chi connectivity index (χ0v) is 24.1. The number of aromatic nitrogens is 3. The highest BCUT2D eigenvalue weighted by Gasteiger charge is 2.18. The van der Waals surface area contributed by atoms with E-state index in [4.69, 9.17) is 9.47 Å². The Hall–Kier alpha value is -3.76. The van der Waals surface area contributed by atoms with Gasteiger partial charge in [-0.05, 0) is 67.0 Å². The maximum absolute atomic E-state index is 13.7. The molecule has 1 N–H and O–H groups in total. The van der Waals surface area contributed by atoms with Crippen molar-refractivity contribution in [3.8, 4) is 11.4 Å². The minimum absolute atomic E-state index is 0.232. The van der Waals surface area contributed by atoms with Crippen LogP contribution in [-0.4, -0.2) is 51.3 Å². The number of nitrogens with zero attached hydrogens (tertiary/aromatic N) is 4. The number of ether oxygens (including phenoxy) is 2. The second-order valence-corrected chi connectivity index (χ2v) is 11.0. The Morgan fingerprint density at radius 2 is 1.87 bits per heavy atom. The van der Waals surface area contributed by atoms with E-state index in [1.807, 2.05) is 87.3 Å². The van der Waals surface area contributed by atoms with Crippen molar-refractivity contribution in [3.63, 3.8) is 0 Å². The molecule has 204 valence electrons. The average Bonchev–Trinajstić information content (AvgIpc) is 2.89. The fraction of sp³-hybridized carbons (Fsp3) is 0.310. The molecule has 0 aliphatic carbocycles. The molecule has 4 aromatic rings. The van der Waals surface area contributed by atoms with E-state index in [2.05, 4.69) is 31.2 Å². The van der Waals surface area contributed by atoms with E-state index < -0.39 is 11.7 Å². The third kappa shape index (κ3) is 7.64. The van der Waals surface area contributed by atoms with Gasteiger partial charge < -0.3 is 19.7 Å². The summed E-state index contributed by atoms with van der Waals surface area (Å²) in [7, 11) is 1.91. The van der Waals surface area contributed by atoms with Crippen molar-refractivity contribution in [3.05, 3.63) is 93.1 Å². The van der Waals surface area contributed by atoms with Gasteiger partial charge in [-0.1, -0.05) is 36.4 Å². The average molecular weight is 595 g/mol. The minimum atomic E-state index is -0.558. The summed E-state index contributed by atoms with van der Waals surface area (Å²) in [5.41, 5.74) is 2.04. The predicted molar refractivity (Wildman–Crippen MR) is 154 cm³/mol. The Labute approximate surface area is 235 Å². The van der Waals surface area contributed by atoms with Crippen molar-refractivity contribution in [1.82, 2.24) is 24.8 Å². The highest BCUT2D eigenvalue weighted by atomic mass is 79.9. The van der Waals surface area contributed by atoms with Crippen LogP contribution in [0.4, 0.5) is 4.79 Å². The lowest BCUT2D eigenvalue weighted by Crippen LogP contribution is -2.37. The quantitative estimate of drug-likeness (QED) is 0.289. The van der Waals surface area contributed by atoms with Gasteiger partial charge in [-0.25, -0.2) is 14.8 Å². The number of pyridine rings is 1. The monoisotopic (exact) mass is 593 g/mol. The van der Waals surface area contributed by atoms with Gasteiger partial charge in [0.2, 0.25) is 0 Å². The molecule has 0 radical (unpaired) electrons. The lowest BCUT2D eigenvalue weighted by molar-refractivity contribution is 0.0523. The predicted octanol–water partition coefficient (Wildman–Crippen LogP) is 5.08. The van der Waals surface area contributed by atoms with Crippen LogP contribution in [0, 0.1) is 0 Å².